The van der Waals surface area contributed by atoms with Crippen molar-refractivity contribution in [2.75, 3.05) is 63.2 Å². The van der Waals surface area contributed by atoms with Crippen LogP contribution in [0, 0.1) is 5.41 Å². The Balaban J connectivity index is 1.93. The van der Waals surface area contributed by atoms with Gasteiger partial charge in [0, 0.05) is 32.7 Å². The van der Waals surface area contributed by atoms with Crippen LogP contribution in [0.3, 0.4) is 0 Å². The summed E-state index contributed by atoms with van der Waals surface area (Å²) in [5, 5.41) is 20.5. The van der Waals surface area contributed by atoms with Crippen LogP contribution in [-0.2, 0) is 9.53 Å². The smallest absolute Gasteiger partial charge is 0.319 e. The maximum absolute atomic E-state index is 12.6. The molecular formula is C21H35N5O4. The maximum atomic E-state index is 12.6. The van der Waals surface area contributed by atoms with E-state index in [1.165, 1.54) is 0 Å². The number of rotatable bonds is 9. The van der Waals surface area contributed by atoms with Gasteiger partial charge in [-0.2, -0.15) is 0 Å². The highest BCUT2D eigenvalue weighted by atomic mass is 16.5. The zero-order valence-corrected chi connectivity index (χ0v) is 18.2. The van der Waals surface area contributed by atoms with Gasteiger partial charge in [-0.1, -0.05) is 32.9 Å². The van der Waals surface area contributed by atoms with Crippen molar-refractivity contribution in [2.24, 2.45) is 5.41 Å². The summed E-state index contributed by atoms with van der Waals surface area (Å²) in [6.45, 7) is 10.6. The first-order chi connectivity index (χ1) is 14.3. The molecule has 1 aromatic rings. The number of para-hydroxylation sites is 2. The zero-order chi connectivity index (χ0) is 22.0. The molecule has 9 heteroatoms. The monoisotopic (exact) mass is 421 g/mol. The van der Waals surface area contributed by atoms with E-state index in [0.717, 1.165) is 45.1 Å². The number of carbonyl (C=O) groups is 2. The molecule has 9 nitrogen and oxygen atoms in total. The van der Waals surface area contributed by atoms with Gasteiger partial charge >= 0.3 is 6.03 Å². The third-order valence-corrected chi connectivity index (χ3v) is 4.84. The molecule has 2 rings (SSSR count). The van der Waals surface area contributed by atoms with Crippen molar-refractivity contribution in [3.8, 4) is 0 Å². The fraction of sp³-hybridized carbons (Fsp3) is 0.619. The molecule has 1 fully saturated rings. The molecule has 0 unspecified atom stereocenters. The third-order valence-electron chi connectivity index (χ3n) is 4.84. The molecule has 1 atom stereocenters. The molecule has 1 aliphatic heterocycles. The number of morpholine rings is 1. The molecule has 0 saturated carbocycles. The second-order valence-corrected chi connectivity index (χ2v) is 8.34. The maximum Gasteiger partial charge on any atom is 0.319 e. The van der Waals surface area contributed by atoms with E-state index in [-0.39, 0.29) is 19.1 Å². The van der Waals surface area contributed by atoms with Crippen molar-refractivity contribution in [2.45, 2.75) is 26.8 Å². The first kappa shape index (κ1) is 23.9. The van der Waals surface area contributed by atoms with E-state index in [0.29, 0.717) is 5.69 Å². The predicted molar refractivity (Wildman–Crippen MR) is 118 cm³/mol. The summed E-state index contributed by atoms with van der Waals surface area (Å²) < 4.78 is 5.36. The second kappa shape index (κ2) is 11.7. The molecule has 0 spiro atoms. The molecule has 0 bridgehead atoms. The van der Waals surface area contributed by atoms with Crippen LogP contribution in [0.25, 0.3) is 0 Å². The van der Waals surface area contributed by atoms with Crippen LogP contribution in [0.4, 0.5) is 16.2 Å². The lowest BCUT2D eigenvalue weighted by Crippen LogP contribution is -2.54. The lowest BCUT2D eigenvalue weighted by Gasteiger charge is -2.30. The Morgan fingerprint density at radius 2 is 1.80 bits per heavy atom. The number of amides is 3. The fourth-order valence-electron chi connectivity index (χ4n) is 3.17. The summed E-state index contributed by atoms with van der Waals surface area (Å²) >= 11 is 0. The van der Waals surface area contributed by atoms with Crippen LogP contribution in [0.2, 0.25) is 0 Å². The Morgan fingerprint density at radius 1 is 1.13 bits per heavy atom. The Kier molecular flexibility index (Phi) is 9.35. The number of urea groups is 1. The van der Waals surface area contributed by atoms with E-state index in [2.05, 4.69) is 26.2 Å². The van der Waals surface area contributed by atoms with Crippen LogP contribution in [-0.4, -0.2) is 80.5 Å². The van der Waals surface area contributed by atoms with Crippen LogP contribution >= 0.6 is 0 Å². The molecular weight excluding hydrogens is 386 g/mol. The standard InChI is InChI=1S/C21H35N5O4/c1-21(2,3)18(19(28)23-9-13-27)25-20(29)24-17-7-5-4-6-16(17)22-8-10-26-11-14-30-15-12-26/h4-7,18,22,27H,8-15H2,1-3H3,(H,23,28)(H2,24,25,29)/t18-/m1/s1. The number of hydrogen-bond acceptors (Lipinski definition) is 6. The fourth-order valence-corrected chi connectivity index (χ4v) is 3.17. The van der Waals surface area contributed by atoms with Crippen molar-refractivity contribution < 1.29 is 19.4 Å². The summed E-state index contributed by atoms with van der Waals surface area (Å²) in [7, 11) is 0. The van der Waals surface area contributed by atoms with Crippen LogP contribution in [0.5, 0.6) is 0 Å². The van der Waals surface area contributed by atoms with Gasteiger partial charge in [0.1, 0.15) is 6.04 Å². The van der Waals surface area contributed by atoms with Crippen molar-refractivity contribution in [1.29, 1.82) is 0 Å². The van der Waals surface area contributed by atoms with E-state index in [1.54, 1.807) is 0 Å². The van der Waals surface area contributed by atoms with Gasteiger partial charge in [0.15, 0.2) is 0 Å². The van der Waals surface area contributed by atoms with Gasteiger partial charge in [-0.15, -0.1) is 0 Å². The Bertz CT molecular complexity index is 686. The zero-order valence-electron chi connectivity index (χ0n) is 18.2. The van der Waals surface area contributed by atoms with Crippen LogP contribution in [0.15, 0.2) is 24.3 Å². The lowest BCUT2D eigenvalue weighted by molar-refractivity contribution is -0.125. The molecule has 1 aromatic carbocycles. The van der Waals surface area contributed by atoms with Crippen molar-refractivity contribution in [1.82, 2.24) is 15.5 Å². The summed E-state index contributed by atoms with van der Waals surface area (Å²) in [6, 6.07) is 6.26. The summed E-state index contributed by atoms with van der Waals surface area (Å²) in [5.41, 5.74) is 0.964. The summed E-state index contributed by atoms with van der Waals surface area (Å²) in [4.78, 5) is 27.4. The molecule has 1 aliphatic rings. The highest BCUT2D eigenvalue weighted by molar-refractivity contribution is 5.96. The number of benzene rings is 1. The number of nitrogens with zero attached hydrogens (tertiary/aromatic N) is 1. The third kappa shape index (κ3) is 7.81. The minimum Gasteiger partial charge on any atom is -0.395 e. The molecule has 0 radical (unpaired) electrons. The topological polar surface area (TPSA) is 115 Å². The number of nitrogens with one attached hydrogen (secondary N) is 4. The van der Waals surface area contributed by atoms with E-state index in [9.17, 15) is 9.59 Å². The minimum absolute atomic E-state index is 0.143. The molecule has 1 saturated heterocycles. The van der Waals surface area contributed by atoms with Crippen molar-refractivity contribution in [3.05, 3.63) is 24.3 Å². The molecule has 5 N–H and O–H groups in total. The Morgan fingerprint density at radius 3 is 2.43 bits per heavy atom. The van der Waals surface area contributed by atoms with Gasteiger partial charge < -0.3 is 31.1 Å². The molecule has 0 aromatic heterocycles. The largest absolute Gasteiger partial charge is 0.395 e. The number of anilines is 2. The average molecular weight is 422 g/mol. The van der Waals surface area contributed by atoms with Crippen LogP contribution < -0.4 is 21.3 Å². The van der Waals surface area contributed by atoms with Gasteiger partial charge in [-0.3, -0.25) is 9.69 Å². The van der Waals surface area contributed by atoms with Gasteiger partial charge in [0.2, 0.25) is 5.91 Å². The van der Waals surface area contributed by atoms with Gasteiger partial charge in [0.25, 0.3) is 0 Å². The number of hydrogen-bond donors (Lipinski definition) is 5. The first-order valence-corrected chi connectivity index (χ1v) is 10.4. The van der Waals surface area contributed by atoms with Crippen molar-refractivity contribution >= 4 is 23.3 Å². The van der Waals surface area contributed by atoms with E-state index in [4.69, 9.17) is 9.84 Å². The molecule has 3 amide bonds. The quantitative estimate of drug-likeness (QED) is 0.408. The van der Waals surface area contributed by atoms with Gasteiger partial charge in [0.05, 0.1) is 31.2 Å². The molecule has 0 aliphatic carbocycles. The predicted octanol–water partition coefficient (Wildman–Crippen LogP) is 1.08. The van der Waals surface area contributed by atoms with Gasteiger partial charge in [-0.05, 0) is 17.5 Å². The molecule has 30 heavy (non-hydrogen) atoms. The Hall–Kier alpha value is -2.36. The highest BCUT2D eigenvalue weighted by Gasteiger charge is 2.32. The molecule has 168 valence electrons. The number of carbonyl (C=O) groups excluding carboxylic acids is 2. The highest BCUT2D eigenvalue weighted by Crippen LogP contribution is 2.22. The second-order valence-electron chi connectivity index (χ2n) is 8.34. The normalized spacial score (nSPS) is 15.9. The SMILES string of the molecule is CC(C)(C)[C@H](NC(=O)Nc1ccccc1NCCN1CCOCC1)C(=O)NCCO. The summed E-state index contributed by atoms with van der Waals surface area (Å²) in [5.74, 6) is -0.330. The number of ether oxygens (including phenoxy) is 1. The van der Waals surface area contributed by atoms with Gasteiger partial charge in [-0.25, -0.2) is 4.79 Å². The van der Waals surface area contributed by atoms with E-state index >= 15 is 0 Å². The number of aliphatic hydroxyl groups is 1. The minimum atomic E-state index is -0.745. The van der Waals surface area contributed by atoms with Crippen LogP contribution in [0.1, 0.15) is 20.8 Å². The lowest BCUT2D eigenvalue weighted by atomic mass is 9.86. The van der Waals surface area contributed by atoms with E-state index in [1.807, 2.05) is 45.0 Å². The number of aliphatic hydroxyl groups excluding tert-OH is 1. The van der Waals surface area contributed by atoms with Crippen molar-refractivity contribution in [3.63, 3.8) is 0 Å². The Labute approximate surface area is 178 Å². The summed E-state index contributed by atoms with van der Waals surface area (Å²) in [6.07, 6.45) is 0. The molecule has 1 heterocycles. The first-order valence-electron chi connectivity index (χ1n) is 10.4. The average Bonchev–Trinajstić information content (AvgIpc) is 2.71. The van der Waals surface area contributed by atoms with E-state index < -0.39 is 17.5 Å².